The molecule has 0 unspecified atom stereocenters. The van der Waals surface area contributed by atoms with Gasteiger partial charge in [0, 0.05) is 6.54 Å². The Morgan fingerprint density at radius 3 is 2.41 bits per heavy atom. The molecule has 0 saturated carbocycles. The van der Waals surface area contributed by atoms with Crippen LogP contribution in [0.4, 0.5) is 11.4 Å². The van der Waals surface area contributed by atoms with Crippen molar-refractivity contribution < 1.29 is 0 Å². The van der Waals surface area contributed by atoms with Gasteiger partial charge in [0.25, 0.3) is 5.56 Å². The summed E-state index contributed by atoms with van der Waals surface area (Å²) < 4.78 is 1.67. The zero-order chi connectivity index (χ0) is 19.0. The molecular weight excluding hydrogens is 344 g/mol. The Hall–Kier alpha value is -4.30. The van der Waals surface area contributed by atoms with Crippen molar-refractivity contribution in [3.8, 4) is 11.5 Å². The minimum Gasteiger partial charge on any atom is -0.319 e. The van der Waals surface area contributed by atoms with Crippen LogP contribution in [0.15, 0.2) is 52.1 Å². The van der Waals surface area contributed by atoms with Crippen molar-refractivity contribution in [1.82, 2.24) is 19.5 Å². The zero-order valence-electron chi connectivity index (χ0n) is 13.8. The molecule has 0 radical (unpaired) electrons. The van der Waals surface area contributed by atoms with Crippen LogP contribution >= 0.6 is 0 Å². The number of nitrogens with zero attached hydrogens (tertiary/aromatic N) is 5. The van der Waals surface area contributed by atoms with Gasteiger partial charge in [-0.3, -0.25) is 19.5 Å². The Bertz CT molecular complexity index is 1360. The van der Waals surface area contributed by atoms with Gasteiger partial charge in [0.15, 0.2) is 22.9 Å². The quantitative estimate of drug-likeness (QED) is 0.443. The second kappa shape index (κ2) is 6.21. The Labute approximate surface area is 152 Å². The maximum absolute atomic E-state index is 12.2. The van der Waals surface area contributed by atoms with Crippen molar-refractivity contribution >= 4 is 22.4 Å². The lowest BCUT2D eigenvalue weighted by molar-refractivity contribution is 0.790. The van der Waals surface area contributed by atoms with E-state index in [2.05, 4.69) is 24.6 Å². The first-order valence-electron chi connectivity index (χ1n) is 7.88. The Morgan fingerprint density at radius 2 is 1.70 bits per heavy atom. The van der Waals surface area contributed by atoms with Crippen LogP contribution in [0.3, 0.4) is 0 Å². The number of hydrogen-bond donors (Lipinski definition) is 1. The van der Waals surface area contributed by atoms with Gasteiger partial charge in [-0.15, -0.1) is 0 Å². The standard InChI is InChI=1S/C19H10N6O2/c1-20-12-8-14-15(9-13(12)21-2)25(10-11-6-4-3-5-7-11)17-16(22-14)18(26)24-19(27)23-17/h3-9H,10H2,(H,24,26,27). The van der Waals surface area contributed by atoms with Crippen molar-refractivity contribution in [2.45, 2.75) is 6.54 Å². The van der Waals surface area contributed by atoms with E-state index in [1.54, 1.807) is 10.6 Å². The summed E-state index contributed by atoms with van der Waals surface area (Å²) in [6.45, 7) is 14.9. The summed E-state index contributed by atoms with van der Waals surface area (Å²) in [5.74, 6) is 0.131. The summed E-state index contributed by atoms with van der Waals surface area (Å²) >= 11 is 0. The first kappa shape index (κ1) is 16.2. The summed E-state index contributed by atoms with van der Waals surface area (Å²) in [4.78, 5) is 41.1. The van der Waals surface area contributed by atoms with E-state index in [9.17, 15) is 9.59 Å². The number of rotatable bonds is 2. The van der Waals surface area contributed by atoms with Crippen LogP contribution in [0.25, 0.3) is 32.2 Å². The molecule has 8 heteroatoms. The molecule has 2 aromatic carbocycles. The van der Waals surface area contributed by atoms with Crippen LogP contribution in [0.5, 0.6) is 0 Å². The molecule has 8 nitrogen and oxygen atoms in total. The molecule has 0 bridgehead atoms. The lowest BCUT2D eigenvalue weighted by Crippen LogP contribution is -2.29. The van der Waals surface area contributed by atoms with E-state index in [4.69, 9.17) is 13.1 Å². The van der Waals surface area contributed by atoms with Gasteiger partial charge in [0.1, 0.15) is 0 Å². The van der Waals surface area contributed by atoms with E-state index >= 15 is 0 Å². The average molecular weight is 354 g/mol. The SMILES string of the molecule is [C-]#[N+]c1cc2nc3c(=O)[nH]c(=O)nc-3n(Cc3ccccc3)c2cc1[N+]#[C-]. The van der Waals surface area contributed by atoms with Gasteiger partial charge in [-0.05, 0) is 17.7 Å². The van der Waals surface area contributed by atoms with Gasteiger partial charge in [0.05, 0.1) is 24.2 Å². The van der Waals surface area contributed by atoms with Gasteiger partial charge in [-0.25, -0.2) is 9.78 Å². The second-order valence-electron chi connectivity index (χ2n) is 5.78. The topological polar surface area (TPSA) is 89.4 Å². The normalized spacial score (nSPS) is 10.6. The number of aromatic nitrogens is 4. The van der Waals surface area contributed by atoms with E-state index in [1.807, 2.05) is 30.3 Å². The van der Waals surface area contributed by atoms with Gasteiger partial charge in [-0.1, -0.05) is 30.3 Å². The lowest BCUT2D eigenvalue weighted by Gasteiger charge is -2.17. The summed E-state index contributed by atoms with van der Waals surface area (Å²) in [5, 5.41) is 0. The highest BCUT2D eigenvalue weighted by Gasteiger charge is 2.20. The number of aromatic amines is 1. The monoisotopic (exact) mass is 354 g/mol. The molecule has 0 spiro atoms. The molecule has 0 amide bonds. The van der Waals surface area contributed by atoms with E-state index in [1.165, 1.54) is 6.07 Å². The smallest absolute Gasteiger partial charge is 0.319 e. The maximum atomic E-state index is 12.2. The van der Waals surface area contributed by atoms with Crippen molar-refractivity contribution in [2.75, 3.05) is 0 Å². The predicted molar refractivity (Wildman–Crippen MR) is 99.1 cm³/mol. The molecule has 0 aromatic heterocycles. The maximum Gasteiger partial charge on any atom is 0.349 e. The largest absolute Gasteiger partial charge is 0.349 e. The van der Waals surface area contributed by atoms with Gasteiger partial charge in [0.2, 0.25) is 0 Å². The van der Waals surface area contributed by atoms with E-state index in [0.29, 0.717) is 17.6 Å². The summed E-state index contributed by atoms with van der Waals surface area (Å²) in [5.41, 5.74) is 0.734. The second-order valence-corrected chi connectivity index (χ2v) is 5.78. The third kappa shape index (κ3) is 2.71. The molecule has 4 rings (SSSR count). The molecule has 0 fully saturated rings. The minimum atomic E-state index is -0.765. The van der Waals surface area contributed by atoms with E-state index in [0.717, 1.165) is 5.56 Å². The molecule has 1 N–H and O–H groups in total. The van der Waals surface area contributed by atoms with Gasteiger partial charge in [-0.2, -0.15) is 4.98 Å². The molecule has 2 aromatic rings. The van der Waals surface area contributed by atoms with Crippen LogP contribution < -0.4 is 11.2 Å². The minimum absolute atomic E-state index is 0.00419. The van der Waals surface area contributed by atoms with Crippen LogP contribution in [-0.4, -0.2) is 19.5 Å². The number of benzene rings is 2. The number of H-pyrrole nitrogens is 1. The third-order valence-electron chi connectivity index (χ3n) is 4.13. The molecule has 2 aliphatic rings. The fourth-order valence-electron chi connectivity index (χ4n) is 2.92. The van der Waals surface area contributed by atoms with Crippen molar-refractivity contribution in [3.05, 3.63) is 91.7 Å². The average Bonchev–Trinajstić information content (AvgIpc) is 2.68. The van der Waals surface area contributed by atoms with Crippen LogP contribution in [0.2, 0.25) is 0 Å². The molecule has 128 valence electrons. The van der Waals surface area contributed by atoms with E-state index < -0.39 is 11.2 Å². The molecule has 2 heterocycles. The van der Waals surface area contributed by atoms with Crippen molar-refractivity contribution in [2.24, 2.45) is 0 Å². The van der Waals surface area contributed by atoms with Crippen LogP contribution in [-0.2, 0) is 6.54 Å². The number of hydrogen-bond acceptors (Lipinski definition) is 4. The fraction of sp³-hybridized carbons (Fsp3) is 0.0526. The lowest BCUT2D eigenvalue weighted by atomic mass is 10.1. The highest BCUT2D eigenvalue weighted by Crippen LogP contribution is 2.34. The summed E-state index contributed by atoms with van der Waals surface area (Å²) in [7, 11) is 0. The third-order valence-corrected chi connectivity index (χ3v) is 4.13. The molecule has 27 heavy (non-hydrogen) atoms. The van der Waals surface area contributed by atoms with Gasteiger partial charge < -0.3 is 4.57 Å². The molecule has 0 saturated heterocycles. The van der Waals surface area contributed by atoms with Crippen LogP contribution in [0.1, 0.15) is 5.56 Å². The summed E-state index contributed by atoms with van der Waals surface area (Å²) in [6.07, 6.45) is 0. The first-order valence-corrected chi connectivity index (χ1v) is 7.88. The summed E-state index contributed by atoms with van der Waals surface area (Å²) in [6, 6.07) is 12.5. The molecular formula is C19H10N6O2. The Kier molecular flexibility index (Phi) is 3.72. The highest BCUT2D eigenvalue weighted by atomic mass is 16.2. The number of nitrogens with one attached hydrogen (secondary N) is 1. The molecule has 0 aliphatic carbocycles. The number of fused-ring (bicyclic) bond motifs is 2. The zero-order valence-corrected chi connectivity index (χ0v) is 13.8. The predicted octanol–water partition coefficient (Wildman–Crippen LogP) is 2.73. The molecule has 2 aliphatic heterocycles. The van der Waals surface area contributed by atoms with Crippen LogP contribution in [0, 0.1) is 13.1 Å². The van der Waals surface area contributed by atoms with Crippen molar-refractivity contribution in [3.63, 3.8) is 0 Å². The fourth-order valence-corrected chi connectivity index (χ4v) is 2.92. The highest BCUT2D eigenvalue weighted by molar-refractivity contribution is 5.90. The molecule has 0 atom stereocenters. The first-order chi connectivity index (χ1) is 13.1. The van der Waals surface area contributed by atoms with E-state index in [-0.39, 0.29) is 22.9 Å². The Morgan fingerprint density at radius 1 is 1.00 bits per heavy atom. The van der Waals surface area contributed by atoms with Crippen molar-refractivity contribution in [1.29, 1.82) is 0 Å². The Balaban J connectivity index is 2.15. The van der Waals surface area contributed by atoms with Gasteiger partial charge >= 0.3 is 5.69 Å².